The molecule has 28 heavy (non-hydrogen) atoms. The van der Waals surface area contributed by atoms with Crippen molar-refractivity contribution < 1.29 is 17.9 Å². The third-order valence-electron chi connectivity index (χ3n) is 4.64. The van der Waals surface area contributed by atoms with Crippen molar-refractivity contribution in [3.63, 3.8) is 0 Å². The van der Waals surface area contributed by atoms with E-state index in [9.17, 15) is 13.2 Å². The van der Waals surface area contributed by atoms with Gasteiger partial charge in [0.05, 0.1) is 10.8 Å². The molecule has 4 rings (SSSR count). The van der Waals surface area contributed by atoms with Gasteiger partial charge in [0.15, 0.2) is 0 Å². The standard InChI is InChI=1S/C21H18N2O4S/c1-22-28(25,26)15-12-10-14(11-13-15)23-21(24)20-16-6-2-4-8-18(16)27-19-9-5-3-7-17(19)20/h2-13,20,22H,1H3,(H,23,24). The number of sulfonamides is 1. The van der Waals surface area contributed by atoms with E-state index in [-0.39, 0.29) is 10.8 Å². The Bertz CT molecular complexity index is 1100. The maximum Gasteiger partial charge on any atom is 0.240 e. The number of carbonyl (C=O) groups is 1. The molecule has 0 spiro atoms. The van der Waals surface area contributed by atoms with Gasteiger partial charge in [-0.3, -0.25) is 4.79 Å². The summed E-state index contributed by atoms with van der Waals surface area (Å²) in [7, 11) is -2.17. The maximum absolute atomic E-state index is 13.1. The van der Waals surface area contributed by atoms with Crippen LogP contribution in [0.4, 0.5) is 5.69 Å². The predicted molar refractivity (Wildman–Crippen MR) is 106 cm³/mol. The fourth-order valence-corrected chi connectivity index (χ4v) is 3.97. The highest BCUT2D eigenvalue weighted by molar-refractivity contribution is 7.89. The van der Waals surface area contributed by atoms with Crippen LogP contribution >= 0.6 is 0 Å². The number of nitrogens with one attached hydrogen (secondary N) is 2. The van der Waals surface area contributed by atoms with Gasteiger partial charge in [-0.2, -0.15) is 0 Å². The van der Waals surface area contributed by atoms with Crippen LogP contribution in [0.3, 0.4) is 0 Å². The van der Waals surface area contributed by atoms with Crippen molar-refractivity contribution >= 4 is 21.6 Å². The molecule has 0 aromatic heterocycles. The Balaban J connectivity index is 1.66. The Kier molecular flexibility index (Phi) is 4.62. The summed E-state index contributed by atoms with van der Waals surface area (Å²) in [5.41, 5.74) is 2.09. The maximum atomic E-state index is 13.1. The summed E-state index contributed by atoms with van der Waals surface area (Å²) in [6.45, 7) is 0. The van der Waals surface area contributed by atoms with Crippen LogP contribution in [0.15, 0.2) is 77.7 Å². The van der Waals surface area contributed by atoms with Crippen LogP contribution < -0.4 is 14.8 Å². The quantitative estimate of drug-likeness (QED) is 0.710. The molecule has 0 bridgehead atoms. The van der Waals surface area contributed by atoms with Crippen molar-refractivity contribution in [1.29, 1.82) is 0 Å². The Morgan fingerprint density at radius 3 is 1.93 bits per heavy atom. The van der Waals surface area contributed by atoms with Crippen LogP contribution in [0.25, 0.3) is 0 Å². The summed E-state index contributed by atoms with van der Waals surface area (Å²) in [6.07, 6.45) is 0. The van der Waals surface area contributed by atoms with Crippen molar-refractivity contribution in [3.05, 3.63) is 83.9 Å². The molecule has 3 aromatic carbocycles. The fraction of sp³-hybridized carbons (Fsp3) is 0.0952. The molecule has 2 N–H and O–H groups in total. The van der Waals surface area contributed by atoms with Crippen LogP contribution in [0.5, 0.6) is 11.5 Å². The van der Waals surface area contributed by atoms with Gasteiger partial charge < -0.3 is 10.1 Å². The highest BCUT2D eigenvalue weighted by Crippen LogP contribution is 2.44. The lowest BCUT2D eigenvalue weighted by Gasteiger charge is -2.27. The minimum absolute atomic E-state index is 0.134. The molecule has 0 radical (unpaired) electrons. The van der Waals surface area contributed by atoms with E-state index in [4.69, 9.17) is 4.74 Å². The normalized spacial score (nSPS) is 13.2. The minimum atomic E-state index is -3.52. The molecule has 1 amide bonds. The first-order chi connectivity index (χ1) is 13.5. The highest BCUT2D eigenvalue weighted by Gasteiger charge is 2.32. The predicted octanol–water partition coefficient (Wildman–Crippen LogP) is 3.47. The SMILES string of the molecule is CNS(=O)(=O)c1ccc(NC(=O)C2c3ccccc3Oc3ccccc32)cc1. The van der Waals surface area contributed by atoms with E-state index in [1.54, 1.807) is 12.1 Å². The lowest BCUT2D eigenvalue weighted by Crippen LogP contribution is -2.25. The molecule has 1 heterocycles. The van der Waals surface area contributed by atoms with Crippen LogP contribution in [-0.2, 0) is 14.8 Å². The lowest BCUT2D eigenvalue weighted by atomic mass is 9.87. The van der Waals surface area contributed by atoms with Gasteiger partial charge >= 0.3 is 0 Å². The molecule has 0 saturated carbocycles. The molecule has 6 nitrogen and oxygen atoms in total. The number of hydrogen-bond acceptors (Lipinski definition) is 4. The molecular formula is C21H18N2O4S. The highest BCUT2D eigenvalue weighted by atomic mass is 32.2. The van der Waals surface area contributed by atoms with Crippen molar-refractivity contribution in [1.82, 2.24) is 4.72 Å². The molecule has 0 aliphatic carbocycles. The monoisotopic (exact) mass is 394 g/mol. The van der Waals surface area contributed by atoms with Gasteiger partial charge in [-0.15, -0.1) is 0 Å². The summed E-state index contributed by atoms with van der Waals surface area (Å²) >= 11 is 0. The Hall–Kier alpha value is -3.16. The summed E-state index contributed by atoms with van der Waals surface area (Å²) in [6, 6.07) is 20.9. The number of ether oxygens (including phenoxy) is 1. The van der Waals surface area contributed by atoms with Gasteiger partial charge in [0, 0.05) is 16.8 Å². The Morgan fingerprint density at radius 2 is 1.39 bits per heavy atom. The number of rotatable bonds is 4. The zero-order chi connectivity index (χ0) is 19.7. The Labute approximate surface area is 163 Å². The molecule has 1 aliphatic rings. The number of anilines is 1. The minimum Gasteiger partial charge on any atom is -0.457 e. The van der Waals surface area contributed by atoms with Crippen LogP contribution in [-0.4, -0.2) is 21.4 Å². The molecule has 7 heteroatoms. The average Bonchev–Trinajstić information content (AvgIpc) is 2.72. The van der Waals surface area contributed by atoms with Crippen molar-refractivity contribution in [2.24, 2.45) is 0 Å². The topological polar surface area (TPSA) is 84.5 Å². The molecule has 0 unspecified atom stereocenters. The summed E-state index contributed by atoms with van der Waals surface area (Å²) in [5, 5.41) is 2.88. The molecular weight excluding hydrogens is 376 g/mol. The number of fused-ring (bicyclic) bond motifs is 2. The fourth-order valence-electron chi connectivity index (χ4n) is 3.24. The molecule has 0 fully saturated rings. The third kappa shape index (κ3) is 3.26. The Morgan fingerprint density at radius 1 is 0.857 bits per heavy atom. The second-order valence-electron chi connectivity index (χ2n) is 6.33. The van der Waals surface area contributed by atoms with E-state index >= 15 is 0 Å². The van der Waals surface area contributed by atoms with Crippen LogP contribution in [0.2, 0.25) is 0 Å². The van der Waals surface area contributed by atoms with E-state index in [1.807, 2.05) is 48.5 Å². The number of hydrogen-bond donors (Lipinski definition) is 2. The second-order valence-corrected chi connectivity index (χ2v) is 8.22. The number of carbonyl (C=O) groups excluding carboxylic acids is 1. The van der Waals surface area contributed by atoms with Crippen molar-refractivity contribution in [3.8, 4) is 11.5 Å². The smallest absolute Gasteiger partial charge is 0.240 e. The van der Waals surface area contributed by atoms with Gasteiger partial charge in [-0.25, -0.2) is 13.1 Å². The zero-order valence-corrected chi connectivity index (χ0v) is 15.9. The lowest BCUT2D eigenvalue weighted by molar-refractivity contribution is -0.116. The van der Waals surface area contributed by atoms with Crippen LogP contribution in [0.1, 0.15) is 17.0 Å². The van der Waals surface area contributed by atoms with Gasteiger partial charge in [0.1, 0.15) is 11.5 Å². The summed E-state index contributed by atoms with van der Waals surface area (Å²) < 4.78 is 31.9. The van der Waals surface area contributed by atoms with E-state index in [2.05, 4.69) is 10.0 Å². The molecule has 0 saturated heterocycles. The zero-order valence-electron chi connectivity index (χ0n) is 15.0. The largest absolute Gasteiger partial charge is 0.457 e. The van der Waals surface area contributed by atoms with E-state index in [0.717, 1.165) is 11.1 Å². The van der Waals surface area contributed by atoms with Crippen molar-refractivity contribution in [2.75, 3.05) is 12.4 Å². The van der Waals surface area contributed by atoms with Gasteiger partial charge in [-0.05, 0) is 43.4 Å². The van der Waals surface area contributed by atoms with E-state index in [0.29, 0.717) is 17.2 Å². The van der Waals surface area contributed by atoms with Gasteiger partial charge in [-0.1, -0.05) is 36.4 Å². The summed E-state index contributed by atoms with van der Waals surface area (Å²) in [5.74, 6) is 0.558. The van der Waals surface area contributed by atoms with Crippen molar-refractivity contribution in [2.45, 2.75) is 10.8 Å². The number of benzene rings is 3. The van der Waals surface area contributed by atoms with E-state index in [1.165, 1.54) is 19.2 Å². The third-order valence-corrected chi connectivity index (χ3v) is 6.07. The molecule has 0 atom stereocenters. The second kappa shape index (κ2) is 7.10. The van der Waals surface area contributed by atoms with E-state index < -0.39 is 15.9 Å². The average molecular weight is 394 g/mol. The first kappa shape index (κ1) is 18.2. The summed E-state index contributed by atoms with van der Waals surface area (Å²) in [4.78, 5) is 13.3. The molecule has 3 aromatic rings. The first-order valence-corrected chi connectivity index (χ1v) is 10.2. The first-order valence-electron chi connectivity index (χ1n) is 8.70. The van der Waals surface area contributed by atoms with Gasteiger partial charge in [0.2, 0.25) is 15.9 Å². The number of amides is 1. The molecule has 1 aliphatic heterocycles. The van der Waals surface area contributed by atoms with Crippen LogP contribution in [0, 0.1) is 0 Å². The van der Waals surface area contributed by atoms with Gasteiger partial charge in [0.25, 0.3) is 0 Å². The molecule has 142 valence electrons. The number of para-hydroxylation sites is 2.